The molecule has 0 radical (unpaired) electrons. The monoisotopic (exact) mass is 455 g/mol. The Hall–Kier alpha value is -2.92. The number of nitrogens with zero attached hydrogens (tertiary/aromatic N) is 2. The van der Waals surface area contributed by atoms with Gasteiger partial charge in [0.15, 0.2) is 0 Å². The Kier molecular flexibility index (Phi) is 5.61. The molecule has 0 bridgehead atoms. The van der Waals surface area contributed by atoms with Crippen LogP contribution < -0.4 is 0 Å². The minimum atomic E-state index is -5.34. The topological polar surface area (TPSA) is 92.4 Å². The van der Waals surface area contributed by atoms with E-state index in [-0.39, 0.29) is 9.36 Å². The number of aryl methyl sites for hydroxylation is 1. The summed E-state index contributed by atoms with van der Waals surface area (Å²) in [5.41, 5.74) is 1.60. The van der Waals surface area contributed by atoms with Crippen molar-refractivity contribution in [2.24, 2.45) is 0 Å². The zero-order chi connectivity index (χ0) is 23.2. The fourth-order valence-corrected chi connectivity index (χ4v) is 4.54. The molecule has 11 heteroatoms. The Bertz CT molecular complexity index is 1230. The predicted molar refractivity (Wildman–Crippen MR) is 107 cm³/mol. The molecule has 7 nitrogen and oxygen atoms in total. The van der Waals surface area contributed by atoms with Crippen LogP contribution in [0.4, 0.5) is 13.2 Å². The van der Waals surface area contributed by atoms with E-state index in [1.54, 1.807) is 12.3 Å². The quantitative estimate of drug-likeness (QED) is 0.591. The molecule has 0 fully saturated rings. The van der Waals surface area contributed by atoms with Gasteiger partial charge in [0, 0.05) is 17.3 Å². The van der Waals surface area contributed by atoms with Crippen molar-refractivity contribution in [2.45, 2.75) is 44.3 Å². The van der Waals surface area contributed by atoms with Gasteiger partial charge in [0.25, 0.3) is 10.0 Å². The Morgan fingerprint density at radius 2 is 1.71 bits per heavy atom. The number of hydrogen-bond donors (Lipinski definition) is 1. The van der Waals surface area contributed by atoms with Crippen molar-refractivity contribution in [1.29, 1.82) is 0 Å². The van der Waals surface area contributed by atoms with E-state index in [0.29, 0.717) is 11.2 Å². The van der Waals surface area contributed by atoms with E-state index in [9.17, 15) is 26.4 Å². The van der Waals surface area contributed by atoms with E-state index < -0.39 is 27.7 Å². The maximum Gasteiger partial charge on any atom is 0.492 e. The second-order valence-corrected chi connectivity index (χ2v) is 9.63. The smallest absolute Gasteiger partial charge is 0.345 e. The second-order valence-electron chi connectivity index (χ2n) is 7.88. The van der Waals surface area contributed by atoms with Crippen LogP contribution >= 0.6 is 0 Å². The molecule has 3 rings (SSSR count). The molecular formula is C20H20F3N3O4S. The molecule has 0 aliphatic heterocycles. The van der Waals surface area contributed by atoms with Crippen LogP contribution in [-0.2, 0) is 19.7 Å². The van der Waals surface area contributed by atoms with Crippen molar-refractivity contribution in [3.63, 3.8) is 0 Å². The van der Waals surface area contributed by atoms with Crippen LogP contribution in [-0.4, -0.2) is 40.5 Å². The molecular weight excluding hydrogens is 435 g/mol. The van der Waals surface area contributed by atoms with Crippen LogP contribution in [0.25, 0.3) is 22.2 Å². The van der Waals surface area contributed by atoms with E-state index in [1.807, 2.05) is 13.0 Å². The van der Waals surface area contributed by atoms with E-state index in [0.717, 1.165) is 16.6 Å². The van der Waals surface area contributed by atoms with Crippen LogP contribution in [0.1, 0.15) is 26.5 Å². The minimum absolute atomic E-state index is 0.0744. The number of rotatable bonds is 4. The number of aromatic amines is 1. The molecule has 0 saturated carbocycles. The first-order chi connectivity index (χ1) is 14.2. The Morgan fingerprint density at radius 1 is 1.10 bits per heavy atom. The average Bonchev–Trinajstić information content (AvgIpc) is 3.04. The number of hydroxylamine groups is 1. The minimum Gasteiger partial charge on any atom is -0.345 e. The fraction of sp³-hybridized carbons (Fsp3) is 0.300. The number of carbonyl (C=O) groups is 1. The highest BCUT2D eigenvalue weighted by molar-refractivity contribution is 7.89. The van der Waals surface area contributed by atoms with Gasteiger partial charge in [-0.25, -0.2) is 18.2 Å². The number of halogens is 3. The number of pyridine rings is 1. The van der Waals surface area contributed by atoms with Crippen LogP contribution in [0.2, 0.25) is 0 Å². The van der Waals surface area contributed by atoms with Gasteiger partial charge in [-0.1, -0.05) is 12.1 Å². The van der Waals surface area contributed by atoms with Gasteiger partial charge in [-0.2, -0.15) is 13.2 Å². The number of carbonyl (C=O) groups excluding carboxylic acids is 1. The van der Waals surface area contributed by atoms with E-state index >= 15 is 0 Å². The molecule has 0 saturated heterocycles. The number of sulfonamides is 1. The van der Waals surface area contributed by atoms with Crippen LogP contribution in [0.5, 0.6) is 0 Å². The summed E-state index contributed by atoms with van der Waals surface area (Å²) in [6.45, 7) is 5.81. The summed E-state index contributed by atoms with van der Waals surface area (Å²) < 4.78 is 64.0. The molecule has 31 heavy (non-hydrogen) atoms. The molecule has 0 spiro atoms. The van der Waals surface area contributed by atoms with Gasteiger partial charge in [0.05, 0.1) is 10.4 Å². The Labute approximate surface area is 176 Å². The molecule has 166 valence electrons. The number of aromatic nitrogens is 2. The molecule has 0 amide bonds. The summed E-state index contributed by atoms with van der Waals surface area (Å²) in [7, 11) is -4.58. The molecule has 0 atom stereocenters. The standard InChI is InChI=1S/C20H20F3N3O4S/c1-12-11-16-15(9-10-24-17(16)25-12)13-5-7-14(8-6-13)31(28,29)26(19(2,3)4)30-18(27)20(21,22)23/h5-11H,1-4H3,(H,24,25). The third kappa shape index (κ3) is 4.57. The van der Waals surface area contributed by atoms with Crippen molar-refractivity contribution in [1.82, 2.24) is 14.4 Å². The Morgan fingerprint density at radius 3 is 2.26 bits per heavy atom. The number of nitrogens with one attached hydrogen (secondary N) is 1. The largest absolute Gasteiger partial charge is 0.492 e. The van der Waals surface area contributed by atoms with Crippen molar-refractivity contribution >= 4 is 27.0 Å². The Balaban J connectivity index is 2.00. The molecule has 1 aromatic carbocycles. The summed E-state index contributed by atoms with van der Waals surface area (Å²) in [6, 6.07) is 9.21. The lowest BCUT2D eigenvalue weighted by atomic mass is 10.0. The average molecular weight is 455 g/mol. The van der Waals surface area contributed by atoms with Crippen LogP contribution in [0.15, 0.2) is 47.5 Å². The van der Waals surface area contributed by atoms with Gasteiger partial charge >= 0.3 is 12.1 Å². The van der Waals surface area contributed by atoms with Crippen molar-refractivity contribution < 1.29 is 31.2 Å². The third-order valence-corrected chi connectivity index (χ3v) is 6.22. The third-order valence-electron chi connectivity index (χ3n) is 4.29. The number of fused-ring (bicyclic) bond motifs is 1. The molecule has 0 aliphatic rings. The summed E-state index contributed by atoms with van der Waals surface area (Å²) in [4.78, 5) is 22.6. The van der Waals surface area contributed by atoms with Crippen molar-refractivity contribution in [3.8, 4) is 11.1 Å². The van der Waals surface area contributed by atoms with Gasteiger partial charge in [0.1, 0.15) is 5.65 Å². The van der Waals surface area contributed by atoms with Gasteiger partial charge in [0.2, 0.25) is 0 Å². The first kappa shape index (κ1) is 22.8. The number of H-pyrrole nitrogens is 1. The highest BCUT2D eigenvalue weighted by Crippen LogP contribution is 2.31. The highest BCUT2D eigenvalue weighted by atomic mass is 32.2. The number of alkyl halides is 3. The van der Waals surface area contributed by atoms with E-state index in [4.69, 9.17) is 0 Å². The lowest BCUT2D eigenvalue weighted by molar-refractivity contribution is -0.231. The normalized spacial score (nSPS) is 13.0. The summed E-state index contributed by atoms with van der Waals surface area (Å²) >= 11 is 0. The maximum absolute atomic E-state index is 13.0. The summed E-state index contributed by atoms with van der Waals surface area (Å²) in [5.74, 6) is -2.62. The highest BCUT2D eigenvalue weighted by Gasteiger charge is 2.47. The molecule has 0 unspecified atom stereocenters. The van der Waals surface area contributed by atoms with Gasteiger partial charge < -0.3 is 9.82 Å². The number of hydrogen-bond acceptors (Lipinski definition) is 5. The molecule has 2 heterocycles. The predicted octanol–water partition coefficient (Wildman–Crippen LogP) is 4.35. The molecule has 1 N–H and O–H groups in total. The van der Waals surface area contributed by atoms with E-state index in [2.05, 4.69) is 14.8 Å². The summed E-state index contributed by atoms with van der Waals surface area (Å²) in [5, 5.41) is 0.839. The zero-order valence-electron chi connectivity index (χ0n) is 17.1. The van der Waals surface area contributed by atoms with Crippen molar-refractivity contribution in [2.75, 3.05) is 0 Å². The maximum atomic E-state index is 13.0. The first-order valence-electron chi connectivity index (χ1n) is 9.10. The van der Waals surface area contributed by atoms with Crippen LogP contribution in [0.3, 0.4) is 0 Å². The number of benzene rings is 1. The van der Waals surface area contributed by atoms with Crippen LogP contribution in [0, 0.1) is 6.92 Å². The first-order valence-corrected chi connectivity index (χ1v) is 10.5. The van der Waals surface area contributed by atoms with E-state index in [1.165, 1.54) is 45.0 Å². The molecule has 2 aromatic heterocycles. The second kappa shape index (κ2) is 7.65. The SMILES string of the molecule is Cc1cc2c(-c3ccc(S(=O)(=O)N(OC(=O)C(F)(F)F)C(C)(C)C)cc3)ccnc2[nH]1. The van der Waals surface area contributed by atoms with Gasteiger partial charge in [-0.3, -0.25) is 0 Å². The lowest BCUT2D eigenvalue weighted by Crippen LogP contribution is -2.48. The lowest BCUT2D eigenvalue weighted by Gasteiger charge is -2.32. The fourth-order valence-electron chi connectivity index (χ4n) is 2.99. The van der Waals surface area contributed by atoms with Gasteiger partial charge in [-0.15, -0.1) is 0 Å². The summed E-state index contributed by atoms with van der Waals surface area (Å²) in [6.07, 6.45) is -3.74. The molecule has 0 aliphatic carbocycles. The van der Waals surface area contributed by atoms with Gasteiger partial charge in [-0.05, 0) is 67.6 Å². The zero-order valence-corrected chi connectivity index (χ0v) is 17.9. The van der Waals surface area contributed by atoms with Crippen molar-refractivity contribution in [3.05, 3.63) is 48.3 Å². The molecule has 3 aromatic rings.